The zero-order chi connectivity index (χ0) is 18.4. The number of anilines is 2. The van der Waals surface area contributed by atoms with Crippen LogP contribution >= 0.6 is 11.3 Å². The minimum atomic E-state index is -0.256. The smallest absolute Gasteiger partial charge is 0.257 e. The molecule has 1 unspecified atom stereocenters. The van der Waals surface area contributed by atoms with Crippen LogP contribution in [-0.4, -0.2) is 16.8 Å². The summed E-state index contributed by atoms with van der Waals surface area (Å²) < 4.78 is 0. The Bertz CT molecular complexity index is 879. The van der Waals surface area contributed by atoms with Crippen LogP contribution < -0.4 is 10.6 Å². The molecule has 5 nitrogen and oxygen atoms in total. The first-order chi connectivity index (χ1) is 12.6. The molecule has 0 spiro atoms. The predicted molar refractivity (Wildman–Crippen MR) is 105 cm³/mol. The lowest BCUT2D eigenvalue weighted by molar-refractivity contribution is -0.116. The van der Waals surface area contributed by atoms with E-state index in [0.717, 1.165) is 5.56 Å². The van der Waals surface area contributed by atoms with Crippen molar-refractivity contribution in [3.05, 3.63) is 77.3 Å². The summed E-state index contributed by atoms with van der Waals surface area (Å²) in [5.41, 5.74) is 2.19. The van der Waals surface area contributed by atoms with E-state index in [1.54, 1.807) is 35.8 Å². The molecule has 0 aliphatic rings. The maximum atomic E-state index is 12.3. The van der Waals surface area contributed by atoms with E-state index in [4.69, 9.17) is 0 Å². The van der Waals surface area contributed by atoms with Gasteiger partial charge in [0.05, 0.1) is 0 Å². The van der Waals surface area contributed by atoms with Gasteiger partial charge >= 0.3 is 0 Å². The molecular formula is C20H19N3O2S. The Morgan fingerprint density at radius 2 is 1.88 bits per heavy atom. The molecule has 0 aliphatic heterocycles. The number of carbonyl (C=O) groups excluding carboxylic acids is 2. The Balaban J connectivity index is 1.61. The molecule has 2 aromatic carbocycles. The van der Waals surface area contributed by atoms with Crippen LogP contribution in [0.1, 0.15) is 35.2 Å². The van der Waals surface area contributed by atoms with Crippen molar-refractivity contribution in [2.24, 2.45) is 0 Å². The molecular weight excluding hydrogens is 346 g/mol. The molecule has 1 heterocycles. The summed E-state index contributed by atoms with van der Waals surface area (Å²) in [4.78, 5) is 28.6. The lowest BCUT2D eigenvalue weighted by Gasteiger charge is -2.12. The zero-order valence-corrected chi connectivity index (χ0v) is 15.1. The third-order valence-electron chi connectivity index (χ3n) is 3.92. The van der Waals surface area contributed by atoms with Gasteiger partial charge in [0.15, 0.2) is 5.13 Å². The zero-order valence-electron chi connectivity index (χ0n) is 14.3. The van der Waals surface area contributed by atoms with Crippen LogP contribution in [0.3, 0.4) is 0 Å². The van der Waals surface area contributed by atoms with Crippen molar-refractivity contribution in [3.63, 3.8) is 0 Å². The highest BCUT2D eigenvalue weighted by atomic mass is 32.1. The highest BCUT2D eigenvalue weighted by Crippen LogP contribution is 2.20. The lowest BCUT2D eigenvalue weighted by atomic mass is 9.97. The number of aromatic nitrogens is 1. The fourth-order valence-electron chi connectivity index (χ4n) is 2.58. The van der Waals surface area contributed by atoms with Gasteiger partial charge in [0.1, 0.15) is 0 Å². The first-order valence-corrected chi connectivity index (χ1v) is 9.15. The Hall–Kier alpha value is -2.99. The van der Waals surface area contributed by atoms with E-state index in [2.05, 4.69) is 15.6 Å². The molecule has 3 rings (SSSR count). The number of carbonyl (C=O) groups is 2. The summed E-state index contributed by atoms with van der Waals surface area (Å²) >= 11 is 1.35. The second-order valence-corrected chi connectivity index (χ2v) is 6.83. The maximum Gasteiger partial charge on any atom is 0.257 e. The van der Waals surface area contributed by atoms with Crippen molar-refractivity contribution >= 4 is 34.0 Å². The van der Waals surface area contributed by atoms with E-state index in [1.165, 1.54) is 11.3 Å². The molecule has 0 fully saturated rings. The first kappa shape index (κ1) is 17.8. The van der Waals surface area contributed by atoms with Gasteiger partial charge in [-0.15, -0.1) is 11.3 Å². The molecule has 6 heteroatoms. The standard InChI is InChI=1S/C20H19N3O2S/c1-14(15-6-3-2-4-7-15)12-18(24)22-17-9-5-8-16(13-17)19(25)23-20-21-10-11-26-20/h2-11,13-14H,12H2,1H3,(H,22,24)(H,21,23,25). The quantitative estimate of drug-likeness (QED) is 0.674. The van der Waals surface area contributed by atoms with E-state index < -0.39 is 0 Å². The Labute approximate surface area is 156 Å². The molecule has 0 radical (unpaired) electrons. The van der Waals surface area contributed by atoms with Crippen molar-refractivity contribution in [1.29, 1.82) is 0 Å². The predicted octanol–water partition coefficient (Wildman–Crippen LogP) is 4.53. The van der Waals surface area contributed by atoms with Crippen LogP contribution in [0, 0.1) is 0 Å². The third kappa shape index (κ3) is 4.77. The summed E-state index contributed by atoms with van der Waals surface area (Å²) in [6, 6.07) is 16.8. The average molecular weight is 365 g/mol. The lowest BCUT2D eigenvalue weighted by Crippen LogP contribution is -2.16. The summed E-state index contributed by atoms with van der Waals surface area (Å²) in [6.07, 6.45) is 2.00. The van der Waals surface area contributed by atoms with Gasteiger partial charge in [-0.2, -0.15) is 0 Å². The number of hydrogen-bond acceptors (Lipinski definition) is 4. The topological polar surface area (TPSA) is 71.1 Å². The number of hydrogen-bond donors (Lipinski definition) is 2. The van der Waals surface area contributed by atoms with Gasteiger partial charge < -0.3 is 5.32 Å². The van der Waals surface area contributed by atoms with Gasteiger partial charge in [-0.3, -0.25) is 14.9 Å². The molecule has 0 aliphatic carbocycles. The van der Waals surface area contributed by atoms with E-state index in [-0.39, 0.29) is 17.7 Å². The van der Waals surface area contributed by atoms with Gasteiger partial charge in [-0.25, -0.2) is 4.98 Å². The SMILES string of the molecule is CC(CC(=O)Nc1cccc(C(=O)Nc2nccs2)c1)c1ccccc1. The van der Waals surface area contributed by atoms with Gasteiger partial charge in [-0.05, 0) is 29.7 Å². The van der Waals surface area contributed by atoms with Crippen molar-refractivity contribution in [2.45, 2.75) is 19.3 Å². The Morgan fingerprint density at radius 1 is 1.08 bits per heavy atom. The minimum absolute atomic E-state index is 0.0844. The highest BCUT2D eigenvalue weighted by molar-refractivity contribution is 7.13. The molecule has 3 aromatic rings. The van der Waals surface area contributed by atoms with E-state index in [1.807, 2.05) is 37.3 Å². The Morgan fingerprint density at radius 3 is 2.62 bits per heavy atom. The van der Waals surface area contributed by atoms with Crippen LogP contribution in [0.5, 0.6) is 0 Å². The largest absolute Gasteiger partial charge is 0.326 e. The number of rotatable bonds is 6. The molecule has 1 atom stereocenters. The van der Waals surface area contributed by atoms with E-state index >= 15 is 0 Å². The van der Waals surface area contributed by atoms with Crippen LogP contribution in [0.25, 0.3) is 0 Å². The van der Waals surface area contributed by atoms with Crippen molar-refractivity contribution in [1.82, 2.24) is 4.98 Å². The molecule has 2 N–H and O–H groups in total. The Kier molecular flexibility index (Phi) is 5.76. The van der Waals surface area contributed by atoms with Gasteiger partial charge in [-0.1, -0.05) is 43.3 Å². The fraction of sp³-hybridized carbons (Fsp3) is 0.150. The molecule has 0 saturated heterocycles. The van der Waals surface area contributed by atoms with Crippen LogP contribution in [-0.2, 0) is 4.79 Å². The highest BCUT2D eigenvalue weighted by Gasteiger charge is 2.13. The summed E-state index contributed by atoms with van der Waals surface area (Å²) in [5, 5.41) is 7.93. The minimum Gasteiger partial charge on any atom is -0.326 e. The monoisotopic (exact) mass is 365 g/mol. The fourth-order valence-corrected chi connectivity index (χ4v) is 3.11. The summed E-state index contributed by atoms with van der Waals surface area (Å²) in [6.45, 7) is 2.02. The molecule has 0 saturated carbocycles. The molecule has 132 valence electrons. The molecule has 0 bridgehead atoms. The number of thiazole rings is 1. The second-order valence-electron chi connectivity index (χ2n) is 5.94. The van der Waals surface area contributed by atoms with Crippen molar-refractivity contribution in [2.75, 3.05) is 10.6 Å². The summed E-state index contributed by atoms with van der Waals surface area (Å²) in [5.74, 6) is -0.222. The van der Waals surface area contributed by atoms with E-state index in [0.29, 0.717) is 22.8 Å². The van der Waals surface area contributed by atoms with Crippen molar-refractivity contribution in [3.8, 4) is 0 Å². The van der Waals surface area contributed by atoms with Crippen molar-refractivity contribution < 1.29 is 9.59 Å². The summed E-state index contributed by atoms with van der Waals surface area (Å²) in [7, 11) is 0. The first-order valence-electron chi connectivity index (χ1n) is 8.27. The molecule has 26 heavy (non-hydrogen) atoms. The number of nitrogens with one attached hydrogen (secondary N) is 2. The third-order valence-corrected chi connectivity index (χ3v) is 4.61. The van der Waals surface area contributed by atoms with Crippen LogP contribution in [0.15, 0.2) is 66.2 Å². The molecule has 2 amide bonds. The number of nitrogens with zero attached hydrogens (tertiary/aromatic N) is 1. The van der Waals surface area contributed by atoms with E-state index in [9.17, 15) is 9.59 Å². The normalized spacial score (nSPS) is 11.6. The average Bonchev–Trinajstić information content (AvgIpc) is 3.15. The van der Waals surface area contributed by atoms with Crippen LogP contribution in [0.2, 0.25) is 0 Å². The second kappa shape index (κ2) is 8.40. The number of amides is 2. The van der Waals surface area contributed by atoms with Gasteiger partial charge in [0.2, 0.25) is 5.91 Å². The number of benzene rings is 2. The van der Waals surface area contributed by atoms with Gasteiger partial charge in [0.25, 0.3) is 5.91 Å². The van der Waals surface area contributed by atoms with Crippen LogP contribution in [0.4, 0.5) is 10.8 Å². The van der Waals surface area contributed by atoms with Gasteiger partial charge in [0, 0.05) is 29.2 Å². The maximum absolute atomic E-state index is 12.3. The molecule has 1 aromatic heterocycles.